The minimum atomic E-state index is -1.51. The number of hydrogen-bond acceptors (Lipinski definition) is 0. The second-order valence-electron chi connectivity index (χ2n) is 6.96. The summed E-state index contributed by atoms with van der Waals surface area (Å²) >= 11 is 0. The Morgan fingerprint density at radius 1 is 0.750 bits per heavy atom. The van der Waals surface area contributed by atoms with Crippen LogP contribution < -0.4 is 10.6 Å². The van der Waals surface area contributed by atoms with Crippen LogP contribution in [0.5, 0.6) is 0 Å². The van der Waals surface area contributed by atoms with E-state index in [0.29, 0.717) is 0 Å². The summed E-state index contributed by atoms with van der Waals surface area (Å²) in [6.07, 6.45) is 15.1. The molecule has 2 aliphatic carbocycles. The van der Waals surface area contributed by atoms with Crippen LogP contribution in [0.1, 0.15) is 38.5 Å². The minimum Gasteiger partial charge on any atom is -0.0839 e. The molecule has 0 aromatic heterocycles. The molecule has 0 N–H and O–H groups in total. The molecule has 2 aromatic rings. The number of hydrogen-bond donors (Lipinski definition) is 0. The van der Waals surface area contributed by atoms with Gasteiger partial charge in [0.15, 0.2) is 0 Å². The van der Waals surface area contributed by atoms with Crippen LogP contribution >= 0.6 is 7.26 Å². The quantitative estimate of drug-likeness (QED) is 0.617. The Hall–Kier alpha value is -1.65. The van der Waals surface area contributed by atoms with E-state index in [9.17, 15) is 0 Å². The van der Waals surface area contributed by atoms with Crippen molar-refractivity contribution in [2.45, 2.75) is 44.2 Å². The van der Waals surface area contributed by atoms with E-state index < -0.39 is 7.26 Å². The van der Waals surface area contributed by atoms with E-state index in [-0.39, 0.29) is 0 Å². The molecule has 4 rings (SSSR count). The first-order valence-corrected chi connectivity index (χ1v) is 11.1. The topological polar surface area (TPSA) is 0 Å². The lowest BCUT2D eigenvalue weighted by molar-refractivity contribution is 0.884. The second kappa shape index (κ2) is 7.08. The van der Waals surface area contributed by atoms with Crippen LogP contribution in [0.2, 0.25) is 0 Å². The molecule has 0 saturated heterocycles. The highest BCUT2D eigenvalue weighted by molar-refractivity contribution is 7.93. The summed E-state index contributed by atoms with van der Waals surface area (Å²) in [5, 5.41) is 4.89. The molecule has 0 unspecified atom stereocenters. The zero-order valence-corrected chi connectivity index (χ0v) is 15.2. The first-order chi connectivity index (χ1) is 11.9. The van der Waals surface area contributed by atoms with Crippen LogP contribution in [0.4, 0.5) is 0 Å². The van der Waals surface area contributed by atoms with Crippen molar-refractivity contribution in [1.29, 1.82) is 0 Å². The summed E-state index contributed by atoms with van der Waals surface area (Å²) in [6.45, 7) is 0. The fourth-order valence-corrected chi connectivity index (χ4v) is 10.1. The Labute approximate surface area is 146 Å². The first kappa shape index (κ1) is 15.9. The van der Waals surface area contributed by atoms with Crippen molar-refractivity contribution in [3.63, 3.8) is 0 Å². The minimum absolute atomic E-state index is 0.819. The average Bonchev–Trinajstić information content (AvgIpc) is 3.20. The summed E-state index contributed by atoms with van der Waals surface area (Å²) in [7, 11) is -1.51. The normalized spacial score (nSPS) is 18.6. The van der Waals surface area contributed by atoms with Crippen molar-refractivity contribution in [2.24, 2.45) is 0 Å². The van der Waals surface area contributed by atoms with Gasteiger partial charge in [0.1, 0.15) is 17.9 Å². The number of allylic oxidation sites excluding steroid dienone is 4. The maximum absolute atomic E-state index is 2.45. The maximum Gasteiger partial charge on any atom is 0.110 e. The Morgan fingerprint density at radius 2 is 1.33 bits per heavy atom. The zero-order chi connectivity index (χ0) is 16.2. The van der Waals surface area contributed by atoms with Crippen LogP contribution in [0.15, 0.2) is 84.2 Å². The van der Waals surface area contributed by atoms with Crippen molar-refractivity contribution >= 4 is 17.9 Å². The van der Waals surface area contributed by atoms with Crippen LogP contribution in [0.25, 0.3) is 0 Å². The molecule has 0 atom stereocenters. The summed E-state index contributed by atoms with van der Waals surface area (Å²) in [5.74, 6) is 0. The van der Waals surface area contributed by atoms with Crippen LogP contribution in [-0.2, 0) is 0 Å². The van der Waals surface area contributed by atoms with Gasteiger partial charge in [-0.3, -0.25) is 0 Å². The van der Waals surface area contributed by atoms with E-state index in [1.54, 1.807) is 15.9 Å². The van der Waals surface area contributed by atoms with Crippen LogP contribution in [0.3, 0.4) is 0 Å². The number of benzene rings is 2. The van der Waals surface area contributed by atoms with Gasteiger partial charge in [-0.15, -0.1) is 0 Å². The highest BCUT2D eigenvalue weighted by Crippen LogP contribution is 2.71. The molecule has 0 heterocycles. The lowest BCUT2D eigenvalue weighted by Crippen LogP contribution is -2.31. The molecule has 0 nitrogen and oxygen atoms in total. The third-order valence-electron chi connectivity index (χ3n) is 5.64. The number of rotatable bonds is 4. The standard InChI is InChI=1S/C23H26P/c1-4-12-20(13-5-1)24(23-18-10-11-19-23,21-14-6-2-7-15-21)22-16-8-3-9-17-22/h1-8,12-16,23H,9-11,17-19H2/q+1. The molecule has 1 fully saturated rings. The van der Waals surface area contributed by atoms with Gasteiger partial charge in [0, 0.05) is 6.42 Å². The van der Waals surface area contributed by atoms with Crippen LogP contribution in [0, 0.1) is 0 Å². The van der Waals surface area contributed by atoms with E-state index in [4.69, 9.17) is 0 Å². The zero-order valence-electron chi connectivity index (χ0n) is 14.3. The third kappa shape index (κ3) is 2.68. The van der Waals surface area contributed by atoms with Gasteiger partial charge < -0.3 is 0 Å². The van der Waals surface area contributed by atoms with Gasteiger partial charge in [0.2, 0.25) is 0 Å². The highest BCUT2D eigenvalue weighted by Gasteiger charge is 2.53. The Balaban J connectivity index is 1.98. The lowest BCUT2D eigenvalue weighted by Gasteiger charge is -2.35. The molecule has 0 spiro atoms. The van der Waals surface area contributed by atoms with Gasteiger partial charge in [-0.1, -0.05) is 48.6 Å². The van der Waals surface area contributed by atoms with Gasteiger partial charge >= 0.3 is 0 Å². The SMILES string of the molecule is C1=CCCC([P+](c2ccccc2)(c2ccccc2)C2CCCC2)=C1. The molecule has 122 valence electrons. The lowest BCUT2D eigenvalue weighted by atomic mass is 10.2. The van der Waals surface area contributed by atoms with Crippen LogP contribution in [-0.4, -0.2) is 5.66 Å². The van der Waals surface area contributed by atoms with Gasteiger partial charge in [-0.05, 0) is 62.4 Å². The summed E-state index contributed by atoms with van der Waals surface area (Å²) in [6, 6.07) is 22.9. The van der Waals surface area contributed by atoms with Crippen molar-refractivity contribution < 1.29 is 0 Å². The smallest absolute Gasteiger partial charge is 0.0839 e. The second-order valence-corrected chi connectivity index (χ2v) is 10.7. The Morgan fingerprint density at radius 3 is 1.83 bits per heavy atom. The summed E-state index contributed by atoms with van der Waals surface area (Å²) < 4.78 is 0. The van der Waals surface area contributed by atoms with Crippen molar-refractivity contribution in [3.8, 4) is 0 Å². The predicted octanol–water partition coefficient (Wildman–Crippen LogP) is 5.83. The van der Waals surface area contributed by atoms with Crippen molar-refractivity contribution in [3.05, 3.63) is 84.2 Å². The molecule has 24 heavy (non-hydrogen) atoms. The summed E-state index contributed by atoms with van der Waals surface area (Å²) in [4.78, 5) is 0. The molecule has 1 heteroatoms. The fraction of sp³-hybridized carbons (Fsp3) is 0.304. The molecule has 0 bridgehead atoms. The molecule has 2 aliphatic rings. The third-order valence-corrected chi connectivity index (χ3v) is 10.8. The average molecular weight is 333 g/mol. The first-order valence-electron chi connectivity index (χ1n) is 9.28. The maximum atomic E-state index is 2.45. The Kier molecular flexibility index (Phi) is 4.67. The van der Waals surface area contributed by atoms with Gasteiger partial charge in [-0.2, -0.15) is 0 Å². The molecular weight excluding hydrogens is 307 g/mol. The molecule has 0 aliphatic heterocycles. The molecule has 0 amide bonds. The van der Waals surface area contributed by atoms with E-state index in [2.05, 4.69) is 78.9 Å². The van der Waals surface area contributed by atoms with E-state index in [1.807, 2.05) is 0 Å². The largest absolute Gasteiger partial charge is 0.110 e. The van der Waals surface area contributed by atoms with E-state index in [1.165, 1.54) is 38.5 Å². The monoisotopic (exact) mass is 333 g/mol. The van der Waals surface area contributed by atoms with Gasteiger partial charge in [0.05, 0.1) is 11.0 Å². The Bertz CT molecular complexity index is 682. The van der Waals surface area contributed by atoms with E-state index >= 15 is 0 Å². The molecular formula is C23H26P+. The van der Waals surface area contributed by atoms with E-state index in [0.717, 1.165) is 5.66 Å². The molecule has 0 radical (unpaired) electrons. The fourth-order valence-electron chi connectivity index (χ4n) is 4.64. The summed E-state index contributed by atoms with van der Waals surface area (Å²) in [5.41, 5.74) is 0.819. The molecule has 1 saturated carbocycles. The predicted molar refractivity (Wildman–Crippen MR) is 108 cm³/mol. The van der Waals surface area contributed by atoms with Crippen molar-refractivity contribution in [2.75, 3.05) is 0 Å². The van der Waals surface area contributed by atoms with Gasteiger partial charge in [0.25, 0.3) is 0 Å². The van der Waals surface area contributed by atoms with Gasteiger partial charge in [-0.25, -0.2) is 0 Å². The van der Waals surface area contributed by atoms with Crippen molar-refractivity contribution in [1.82, 2.24) is 0 Å². The highest BCUT2D eigenvalue weighted by atomic mass is 31.2. The molecule has 2 aromatic carbocycles.